The number of methoxy groups -OCH3 is 1. The molecule has 0 bridgehead atoms. The lowest BCUT2D eigenvalue weighted by atomic mass is 10.1. The molecule has 1 aliphatic heterocycles. The van der Waals surface area contributed by atoms with Gasteiger partial charge in [-0.2, -0.15) is 0 Å². The van der Waals surface area contributed by atoms with Crippen LogP contribution in [-0.4, -0.2) is 30.0 Å². The summed E-state index contributed by atoms with van der Waals surface area (Å²) in [5.41, 5.74) is 4.80. The molecule has 29 heavy (non-hydrogen) atoms. The highest BCUT2D eigenvalue weighted by Crippen LogP contribution is 2.37. The van der Waals surface area contributed by atoms with Crippen LogP contribution in [0.4, 0.5) is 11.4 Å². The molecule has 6 heteroatoms. The monoisotopic (exact) mass is 391 g/mol. The molecule has 0 saturated carbocycles. The lowest BCUT2D eigenvalue weighted by Gasteiger charge is -2.18. The van der Waals surface area contributed by atoms with Crippen LogP contribution in [-0.2, 0) is 11.8 Å². The Morgan fingerprint density at radius 3 is 2.52 bits per heavy atom. The highest BCUT2D eigenvalue weighted by atomic mass is 16.5. The summed E-state index contributed by atoms with van der Waals surface area (Å²) in [6, 6.07) is 11.7. The molecule has 1 fully saturated rings. The molecule has 0 aliphatic carbocycles. The van der Waals surface area contributed by atoms with Crippen LogP contribution in [0, 0.1) is 13.8 Å². The Balaban J connectivity index is 1.87. The van der Waals surface area contributed by atoms with E-state index >= 15 is 0 Å². The molecule has 0 spiro atoms. The van der Waals surface area contributed by atoms with Gasteiger partial charge in [-0.1, -0.05) is 17.7 Å². The molecule has 2 amide bonds. The molecule has 0 unspecified atom stereocenters. The van der Waals surface area contributed by atoms with Crippen molar-refractivity contribution in [1.82, 2.24) is 4.57 Å². The predicted molar refractivity (Wildman–Crippen MR) is 115 cm³/mol. The molecule has 3 aromatic rings. The second kappa shape index (κ2) is 7.28. The molecule has 150 valence electrons. The number of hydrogen-bond donors (Lipinski definition) is 1. The van der Waals surface area contributed by atoms with Crippen molar-refractivity contribution in [2.24, 2.45) is 7.05 Å². The van der Waals surface area contributed by atoms with Crippen molar-refractivity contribution in [3.8, 4) is 5.75 Å². The average Bonchev–Trinajstić information content (AvgIpc) is 3.22. The summed E-state index contributed by atoms with van der Waals surface area (Å²) >= 11 is 0. The maximum atomic E-state index is 13.4. The number of aromatic nitrogens is 1. The van der Waals surface area contributed by atoms with E-state index in [1.165, 1.54) is 0 Å². The summed E-state index contributed by atoms with van der Waals surface area (Å²) < 4.78 is 7.27. The number of fused-ring (bicyclic) bond motifs is 1. The van der Waals surface area contributed by atoms with Crippen LogP contribution in [0.15, 0.2) is 36.4 Å². The van der Waals surface area contributed by atoms with Crippen molar-refractivity contribution in [2.45, 2.75) is 26.7 Å². The molecule has 1 saturated heterocycles. The molecule has 1 aliphatic rings. The molecule has 2 aromatic carbocycles. The third-order valence-electron chi connectivity index (χ3n) is 5.49. The minimum absolute atomic E-state index is 0.0567. The number of ether oxygens (including phenoxy) is 1. The zero-order chi connectivity index (χ0) is 20.7. The van der Waals surface area contributed by atoms with Crippen LogP contribution < -0.4 is 15.0 Å². The number of nitrogens with one attached hydrogen (secondary N) is 1. The number of benzene rings is 2. The third kappa shape index (κ3) is 3.24. The van der Waals surface area contributed by atoms with E-state index in [2.05, 4.69) is 5.32 Å². The predicted octanol–water partition coefficient (Wildman–Crippen LogP) is 4.18. The van der Waals surface area contributed by atoms with Crippen molar-refractivity contribution >= 4 is 34.1 Å². The molecule has 1 N–H and O–H groups in total. The van der Waals surface area contributed by atoms with Gasteiger partial charge in [0.1, 0.15) is 11.4 Å². The van der Waals surface area contributed by atoms with Gasteiger partial charge in [0, 0.05) is 25.4 Å². The molecule has 1 aromatic heterocycles. The average molecular weight is 391 g/mol. The first kappa shape index (κ1) is 19.1. The summed E-state index contributed by atoms with van der Waals surface area (Å²) in [6.45, 7) is 4.60. The van der Waals surface area contributed by atoms with Gasteiger partial charge < -0.3 is 19.5 Å². The van der Waals surface area contributed by atoms with E-state index in [-0.39, 0.29) is 11.8 Å². The zero-order valence-electron chi connectivity index (χ0n) is 17.2. The first-order chi connectivity index (χ1) is 13.9. The van der Waals surface area contributed by atoms with Crippen LogP contribution in [0.1, 0.15) is 34.5 Å². The Morgan fingerprint density at radius 1 is 1.10 bits per heavy atom. The number of aryl methyl sites for hydroxylation is 3. The Labute approximate surface area is 170 Å². The van der Waals surface area contributed by atoms with Crippen LogP contribution in [0.2, 0.25) is 0 Å². The van der Waals surface area contributed by atoms with Crippen molar-refractivity contribution < 1.29 is 14.3 Å². The number of anilines is 2. The van der Waals surface area contributed by atoms with Crippen molar-refractivity contribution in [3.63, 3.8) is 0 Å². The molecule has 0 radical (unpaired) electrons. The Hall–Kier alpha value is -3.28. The molecule has 4 rings (SSSR count). The lowest BCUT2D eigenvalue weighted by molar-refractivity contribution is -0.117. The smallest absolute Gasteiger partial charge is 0.274 e. The second-order valence-electron chi connectivity index (χ2n) is 7.58. The van der Waals surface area contributed by atoms with E-state index in [9.17, 15) is 9.59 Å². The normalized spacial score (nSPS) is 13.9. The van der Waals surface area contributed by atoms with Gasteiger partial charge in [-0.3, -0.25) is 9.59 Å². The number of carbonyl (C=O) groups is 2. The quantitative estimate of drug-likeness (QED) is 0.726. The standard InChI is InChI=1S/C23H25N3O3/c1-14-7-9-18-16(12-14)21(26-11-5-6-20(26)27)22(25(18)3)23(28)24-17-13-15(2)8-10-19(17)29-4/h7-10,12-13H,5-6,11H2,1-4H3,(H,24,28). The fourth-order valence-electron chi connectivity index (χ4n) is 4.06. The van der Waals surface area contributed by atoms with E-state index in [1.54, 1.807) is 12.0 Å². The lowest BCUT2D eigenvalue weighted by Crippen LogP contribution is -2.27. The molecule has 6 nitrogen and oxygen atoms in total. The molecular formula is C23H25N3O3. The van der Waals surface area contributed by atoms with E-state index in [1.807, 2.05) is 61.9 Å². The van der Waals surface area contributed by atoms with Gasteiger partial charge in [0.25, 0.3) is 5.91 Å². The van der Waals surface area contributed by atoms with E-state index in [0.29, 0.717) is 35.8 Å². The number of hydrogen-bond acceptors (Lipinski definition) is 3. The van der Waals surface area contributed by atoms with E-state index < -0.39 is 0 Å². The van der Waals surface area contributed by atoms with Crippen molar-refractivity contribution in [1.29, 1.82) is 0 Å². The van der Waals surface area contributed by atoms with Gasteiger partial charge in [0.05, 0.1) is 24.0 Å². The summed E-state index contributed by atoms with van der Waals surface area (Å²) in [6.07, 6.45) is 1.31. The largest absolute Gasteiger partial charge is 0.495 e. The van der Waals surface area contributed by atoms with Crippen LogP contribution in [0.3, 0.4) is 0 Å². The number of amides is 2. The minimum Gasteiger partial charge on any atom is -0.495 e. The first-order valence-corrected chi connectivity index (χ1v) is 9.76. The van der Waals surface area contributed by atoms with Gasteiger partial charge in [0.2, 0.25) is 5.91 Å². The fourth-order valence-corrected chi connectivity index (χ4v) is 4.06. The van der Waals surface area contributed by atoms with E-state index in [0.717, 1.165) is 28.5 Å². The van der Waals surface area contributed by atoms with Crippen LogP contribution in [0.25, 0.3) is 10.9 Å². The number of nitrogens with zero attached hydrogens (tertiary/aromatic N) is 2. The number of rotatable bonds is 4. The minimum atomic E-state index is -0.264. The van der Waals surface area contributed by atoms with Gasteiger partial charge in [-0.25, -0.2) is 0 Å². The Kier molecular flexibility index (Phi) is 4.78. The zero-order valence-corrected chi connectivity index (χ0v) is 17.2. The maximum absolute atomic E-state index is 13.4. The first-order valence-electron chi connectivity index (χ1n) is 9.76. The highest BCUT2D eigenvalue weighted by molar-refractivity contribution is 6.17. The summed E-state index contributed by atoms with van der Waals surface area (Å²) in [4.78, 5) is 27.7. The van der Waals surface area contributed by atoms with Gasteiger partial charge >= 0.3 is 0 Å². The Morgan fingerprint density at radius 2 is 1.83 bits per heavy atom. The fraction of sp³-hybridized carbons (Fsp3) is 0.304. The maximum Gasteiger partial charge on any atom is 0.274 e. The van der Waals surface area contributed by atoms with Crippen LogP contribution >= 0.6 is 0 Å². The summed E-state index contributed by atoms with van der Waals surface area (Å²) in [5.74, 6) is 0.388. The molecule has 2 heterocycles. The van der Waals surface area contributed by atoms with Gasteiger partial charge in [-0.05, 0) is 50.1 Å². The highest BCUT2D eigenvalue weighted by Gasteiger charge is 2.31. The Bertz CT molecular complexity index is 1130. The third-order valence-corrected chi connectivity index (χ3v) is 5.49. The summed E-state index contributed by atoms with van der Waals surface area (Å²) in [5, 5.41) is 3.91. The van der Waals surface area contributed by atoms with Gasteiger partial charge in [0.15, 0.2) is 0 Å². The molecular weight excluding hydrogens is 366 g/mol. The topological polar surface area (TPSA) is 63.6 Å². The van der Waals surface area contributed by atoms with Crippen LogP contribution in [0.5, 0.6) is 5.75 Å². The van der Waals surface area contributed by atoms with E-state index in [4.69, 9.17) is 4.74 Å². The number of carbonyl (C=O) groups excluding carboxylic acids is 2. The SMILES string of the molecule is COc1ccc(C)cc1NC(=O)c1c(N2CCCC2=O)c2cc(C)ccc2n1C. The van der Waals surface area contributed by atoms with Gasteiger partial charge in [-0.15, -0.1) is 0 Å². The van der Waals surface area contributed by atoms with Crippen molar-refractivity contribution in [3.05, 3.63) is 53.2 Å². The van der Waals surface area contributed by atoms with Crippen molar-refractivity contribution in [2.75, 3.05) is 23.9 Å². The second-order valence-corrected chi connectivity index (χ2v) is 7.58. The summed E-state index contributed by atoms with van der Waals surface area (Å²) in [7, 11) is 3.44. The molecule has 0 atom stereocenters.